The molecule has 0 spiro atoms. The maximum atomic E-state index is 12.3. The molecule has 1 saturated heterocycles. The maximum absolute atomic E-state index is 12.3. The van der Waals surface area contributed by atoms with Gasteiger partial charge in [0.2, 0.25) is 0 Å². The molecule has 0 bridgehead atoms. The highest BCUT2D eigenvalue weighted by atomic mass is 32.2. The first-order valence-corrected chi connectivity index (χ1v) is 10.9. The Hall–Kier alpha value is -1.59. The van der Waals surface area contributed by atoms with Gasteiger partial charge in [0, 0.05) is 4.90 Å². The minimum absolute atomic E-state index is 0.114. The summed E-state index contributed by atoms with van der Waals surface area (Å²) in [5.74, 6) is 3.48. The summed E-state index contributed by atoms with van der Waals surface area (Å²) >= 11 is 3.51. The summed E-state index contributed by atoms with van der Waals surface area (Å²) < 4.78 is 10.4. The quantitative estimate of drug-likeness (QED) is 0.582. The van der Waals surface area contributed by atoms with Crippen LogP contribution in [0.25, 0.3) is 0 Å². The lowest BCUT2D eigenvalue weighted by Gasteiger charge is -2.33. The van der Waals surface area contributed by atoms with Crippen molar-refractivity contribution in [3.8, 4) is 11.5 Å². The summed E-state index contributed by atoms with van der Waals surface area (Å²) in [5.41, 5.74) is 0. The summed E-state index contributed by atoms with van der Waals surface area (Å²) in [7, 11) is 1.48. The van der Waals surface area contributed by atoms with Gasteiger partial charge in [0.1, 0.15) is 16.2 Å². The number of thioether (sulfide) groups is 2. The number of para-hydroxylation sites is 1. The SMILES string of the molecule is CC.COC(=O)C1(Sc2ccc(Oc3ccccc3)cc2)CCSCC1. The van der Waals surface area contributed by atoms with Crippen LogP contribution in [-0.4, -0.2) is 29.3 Å². The van der Waals surface area contributed by atoms with Gasteiger partial charge in [0.05, 0.1) is 7.11 Å². The lowest BCUT2D eigenvalue weighted by atomic mass is 10.0. The number of hydrogen-bond donors (Lipinski definition) is 0. The topological polar surface area (TPSA) is 35.5 Å². The molecular formula is C21H26O3S2. The normalized spacial score (nSPS) is 15.3. The predicted molar refractivity (Wildman–Crippen MR) is 111 cm³/mol. The molecule has 2 aromatic carbocycles. The Labute approximate surface area is 164 Å². The number of rotatable bonds is 5. The first-order chi connectivity index (χ1) is 12.7. The Balaban J connectivity index is 0.00000117. The summed E-state index contributed by atoms with van der Waals surface area (Å²) in [6, 6.07) is 17.6. The molecule has 0 N–H and O–H groups in total. The third kappa shape index (κ3) is 5.45. The molecular weight excluding hydrogens is 364 g/mol. The Bertz CT molecular complexity index is 665. The van der Waals surface area contributed by atoms with Gasteiger partial charge in [-0.25, -0.2) is 0 Å². The molecule has 0 saturated carbocycles. The molecule has 1 heterocycles. The zero-order valence-electron chi connectivity index (χ0n) is 15.6. The van der Waals surface area contributed by atoms with E-state index in [0.29, 0.717) is 0 Å². The molecule has 0 amide bonds. The third-order valence-electron chi connectivity index (χ3n) is 3.97. The van der Waals surface area contributed by atoms with Crippen LogP contribution < -0.4 is 4.74 Å². The fourth-order valence-electron chi connectivity index (χ4n) is 2.66. The average molecular weight is 391 g/mol. The van der Waals surface area contributed by atoms with Crippen LogP contribution in [0.1, 0.15) is 26.7 Å². The highest BCUT2D eigenvalue weighted by Crippen LogP contribution is 2.44. The third-order valence-corrected chi connectivity index (χ3v) is 6.43. The highest BCUT2D eigenvalue weighted by Gasteiger charge is 2.42. The number of carbonyl (C=O) groups is 1. The van der Waals surface area contributed by atoms with Crippen LogP contribution in [-0.2, 0) is 9.53 Å². The molecule has 1 aliphatic rings. The Kier molecular flexibility index (Phi) is 8.39. The van der Waals surface area contributed by atoms with Crippen molar-refractivity contribution in [1.82, 2.24) is 0 Å². The molecule has 5 heteroatoms. The minimum atomic E-state index is -0.457. The molecule has 3 rings (SSSR count). The highest BCUT2D eigenvalue weighted by molar-refractivity contribution is 8.02. The molecule has 3 nitrogen and oxygen atoms in total. The molecule has 26 heavy (non-hydrogen) atoms. The number of carbonyl (C=O) groups excluding carboxylic acids is 1. The van der Waals surface area contributed by atoms with E-state index in [0.717, 1.165) is 40.7 Å². The standard InChI is InChI=1S/C19H20O3S2.C2H6/c1-21-18(20)19(11-13-23-14-12-19)24-17-9-7-16(8-10-17)22-15-5-3-2-4-6-15;1-2/h2-10H,11-14H2,1H3;1-2H3. The Morgan fingerprint density at radius 3 is 2.12 bits per heavy atom. The molecule has 0 aromatic heterocycles. The molecule has 1 aliphatic heterocycles. The second-order valence-electron chi connectivity index (χ2n) is 5.59. The van der Waals surface area contributed by atoms with Gasteiger partial charge in [-0.15, -0.1) is 11.8 Å². The van der Waals surface area contributed by atoms with E-state index < -0.39 is 4.75 Å². The van der Waals surface area contributed by atoms with Gasteiger partial charge < -0.3 is 9.47 Å². The van der Waals surface area contributed by atoms with Gasteiger partial charge in [-0.05, 0) is 60.7 Å². The van der Waals surface area contributed by atoms with Crippen LogP contribution in [0.4, 0.5) is 0 Å². The van der Waals surface area contributed by atoms with Gasteiger partial charge in [0.25, 0.3) is 0 Å². The molecule has 1 fully saturated rings. The van der Waals surface area contributed by atoms with Gasteiger partial charge in [-0.2, -0.15) is 11.8 Å². The first kappa shape index (κ1) is 20.7. The molecule has 0 aliphatic carbocycles. The van der Waals surface area contributed by atoms with E-state index in [1.807, 2.05) is 80.2 Å². The van der Waals surface area contributed by atoms with Crippen LogP contribution in [0, 0.1) is 0 Å². The second kappa shape index (κ2) is 10.5. The first-order valence-electron chi connectivity index (χ1n) is 8.90. The lowest BCUT2D eigenvalue weighted by Crippen LogP contribution is -2.39. The monoisotopic (exact) mass is 390 g/mol. The fourth-order valence-corrected chi connectivity index (χ4v) is 5.41. The fraction of sp³-hybridized carbons (Fsp3) is 0.381. The van der Waals surface area contributed by atoms with E-state index >= 15 is 0 Å². The summed E-state index contributed by atoms with van der Waals surface area (Å²) in [4.78, 5) is 13.4. The van der Waals surface area contributed by atoms with E-state index in [1.165, 1.54) is 7.11 Å². The van der Waals surface area contributed by atoms with E-state index in [2.05, 4.69) is 0 Å². The van der Waals surface area contributed by atoms with Crippen LogP contribution in [0.3, 0.4) is 0 Å². The van der Waals surface area contributed by atoms with Crippen molar-refractivity contribution in [2.45, 2.75) is 36.3 Å². The minimum Gasteiger partial charge on any atom is -0.468 e. The smallest absolute Gasteiger partial charge is 0.322 e. The number of hydrogen-bond acceptors (Lipinski definition) is 5. The van der Waals surface area contributed by atoms with Crippen LogP contribution in [0.15, 0.2) is 59.5 Å². The molecule has 0 unspecified atom stereocenters. The molecule has 0 radical (unpaired) electrons. The van der Waals surface area contributed by atoms with Crippen molar-refractivity contribution in [2.75, 3.05) is 18.6 Å². The van der Waals surface area contributed by atoms with Crippen molar-refractivity contribution in [3.63, 3.8) is 0 Å². The Morgan fingerprint density at radius 1 is 0.962 bits per heavy atom. The lowest BCUT2D eigenvalue weighted by molar-refractivity contribution is -0.143. The van der Waals surface area contributed by atoms with Crippen molar-refractivity contribution < 1.29 is 14.3 Å². The average Bonchev–Trinajstić information content (AvgIpc) is 2.72. The van der Waals surface area contributed by atoms with Crippen molar-refractivity contribution >= 4 is 29.5 Å². The number of methoxy groups -OCH3 is 1. The van der Waals surface area contributed by atoms with Crippen LogP contribution in [0.2, 0.25) is 0 Å². The number of esters is 1. The van der Waals surface area contributed by atoms with E-state index in [-0.39, 0.29) is 5.97 Å². The van der Waals surface area contributed by atoms with E-state index in [1.54, 1.807) is 11.8 Å². The van der Waals surface area contributed by atoms with Gasteiger partial charge in [-0.3, -0.25) is 4.79 Å². The van der Waals surface area contributed by atoms with Crippen molar-refractivity contribution in [1.29, 1.82) is 0 Å². The second-order valence-corrected chi connectivity index (χ2v) is 8.27. The zero-order valence-corrected chi connectivity index (χ0v) is 17.2. The zero-order chi connectivity index (χ0) is 18.8. The van der Waals surface area contributed by atoms with E-state index in [9.17, 15) is 4.79 Å². The van der Waals surface area contributed by atoms with Crippen molar-refractivity contribution in [3.05, 3.63) is 54.6 Å². The number of benzene rings is 2. The largest absolute Gasteiger partial charge is 0.468 e. The number of ether oxygens (including phenoxy) is 2. The van der Waals surface area contributed by atoms with Gasteiger partial charge in [0.15, 0.2) is 0 Å². The molecule has 140 valence electrons. The summed E-state index contributed by atoms with van der Waals surface area (Å²) in [6.07, 6.45) is 1.69. The molecule has 2 aromatic rings. The van der Waals surface area contributed by atoms with Crippen LogP contribution >= 0.6 is 23.5 Å². The van der Waals surface area contributed by atoms with Gasteiger partial charge >= 0.3 is 5.97 Å². The summed E-state index contributed by atoms with van der Waals surface area (Å²) in [5, 5.41) is 0. The Morgan fingerprint density at radius 2 is 1.54 bits per heavy atom. The van der Waals surface area contributed by atoms with Gasteiger partial charge in [-0.1, -0.05) is 32.0 Å². The summed E-state index contributed by atoms with van der Waals surface area (Å²) in [6.45, 7) is 4.00. The predicted octanol–water partition coefficient (Wildman–Crippen LogP) is 6.04. The maximum Gasteiger partial charge on any atom is 0.322 e. The van der Waals surface area contributed by atoms with Crippen molar-refractivity contribution in [2.24, 2.45) is 0 Å². The van der Waals surface area contributed by atoms with Crippen LogP contribution in [0.5, 0.6) is 11.5 Å². The van der Waals surface area contributed by atoms with E-state index in [4.69, 9.17) is 9.47 Å². The molecule has 0 atom stereocenters.